The number of aromatic nitrogens is 1. The maximum absolute atomic E-state index is 14.9. The van der Waals surface area contributed by atoms with Gasteiger partial charge in [0.2, 0.25) is 0 Å². The number of hydrogen-bond donors (Lipinski definition) is 1. The minimum Gasteiger partial charge on any atom is -0.513 e. The molecule has 1 fully saturated rings. The van der Waals surface area contributed by atoms with Gasteiger partial charge in [0.05, 0.1) is 23.9 Å². The van der Waals surface area contributed by atoms with Crippen LogP contribution in [0.15, 0.2) is 30.3 Å². The first-order valence-electron chi connectivity index (χ1n) is 13.3. The number of hydrogen-bond acceptors (Lipinski definition) is 5. The Morgan fingerprint density at radius 1 is 1.23 bits per heavy atom. The van der Waals surface area contributed by atoms with E-state index in [0.717, 1.165) is 51.0 Å². The van der Waals surface area contributed by atoms with Crippen LogP contribution in [-0.4, -0.2) is 61.2 Å². The summed E-state index contributed by atoms with van der Waals surface area (Å²) < 4.78 is 21.0. The first kappa shape index (κ1) is 29.7. The Morgan fingerprint density at radius 3 is 2.49 bits per heavy atom. The molecule has 1 saturated carbocycles. The Kier molecular flexibility index (Phi) is 8.62. The summed E-state index contributed by atoms with van der Waals surface area (Å²) in [6.45, 7) is 4.02. The van der Waals surface area contributed by atoms with Crippen LogP contribution in [0.2, 0.25) is 10.2 Å². The topological polar surface area (TPSA) is 45.6 Å². The van der Waals surface area contributed by atoms with E-state index in [1.165, 1.54) is 0 Å². The minimum absolute atomic E-state index is 0.191. The van der Waals surface area contributed by atoms with Crippen molar-refractivity contribution in [3.63, 3.8) is 0 Å². The van der Waals surface area contributed by atoms with Crippen molar-refractivity contribution in [3.05, 3.63) is 62.7 Å². The van der Waals surface area contributed by atoms with E-state index in [1.54, 1.807) is 23.5 Å². The number of aliphatic hydroxyl groups is 1. The molecule has 1 aromatic heterocycles. The number of terminal acetylenes is 1. The molecule has 4 rings (SSSR count). The summed E-state index contributed by atoms with van der Waals surface area (Å²) in [6.07, 6.45) is 8.16. The van der Waals surface area contributed by atoms with Crippen LogP contribution in [0.5, 0.6) is 5.75 Å². The standard InChI is InChI=1S/C27H33B5ClFN2O2S/c1-4-9-36(24(26(28,29)18-7-8-18)16-5-6-17(13-37)21(34)11-16)25-35-23(15(3)39-25)19-10-14(2)22(12-20(19)33)38-27(30,31)32/h1,5-6,10-12,18,24,37H,7-9,13,28-32H2,2-3H3. The van der Waals surface area contributed by atoms with Crippen molar-refractivity contribution in [2.24, 2.45) is 5.92 Å². The summed E-state index contributed by atoms with van der Waals surface area (Å²) in [5.74, 6) is 3.65. The van der Waals surface area contributed by atoms with E-state index in [9.17, 15) is 9.50 Å². The summed E-state index contributed by atoms with van der Waals surface area (Å²) in [5.41, 5.74) is 3.72. The first-order valence-corrected chi connectivity index (χ1v) is 14.5. The molecule has 4 nitrogen and oxygen atoms in total. The Bertz CT molecular complexity index is 1420. The van der Waals surface area contributed by atoms with Crippen LogP contribution in [0, 0.1) is 37.9 Å². The zero-order valence-electron chi connectivity index (χ0n) is 23.9. The molecular formula is C27H33B5ClFN2O2S. The second-order valence-corrected chi connectivity index (χ2v) is 13.6. The third-order valence-electron chi connectivity index (χ3n) is 7.44. The van der Waals surface area contributed by atoms with Gasteiger partial charge in [-0.3, -0.25) is 0 Å². The lowest BCUT2D eigenvalue weighted by molar-refractivity contribution is 0.275. The average molecular weight is 558 g/mol. The number of nitrogens with zero attached hydrogens (tertiary/aromatic N) is 2. The average Bonchev–Trinajstić information content (AvgIpc) is 3.63. The molecule has 198 valence electrons. The van der Waals surface area contributed by atoms with Crippen molar-refractivity contribution in [2.75, 3.05) is 11.4 Å². The Labute approximate surface area is 245 Å². The minimum atomic E-state index is -0.414. The number of aryl methyl sites for hydroxylation is 2. The van der Waals surface area contributed by atoms with Gasteiger partial charge in [0.25, 0.3) is 0 Å². The molecule has 1 N–H and O–H groups in total. The van der Waals surface area contributed by atoms with Gasteiger partial charge in [-0.15, -0.1) is 17.8 Å². The molecule has 1 heterocycles. The van der Waals surface area contributed by atoms with E-state index in [-0.39, 0.29) is 28.7 Å². The van der Waals surface area contributed by atoms with Crippen molar-refractivity contribution >= 4 is 67.3 Å². The van der Waals surface area contributed by atoms with Crippen LogP contribution in [0.1, 0.15) is 40.5 Å². The van der Waals surface area contributed by atoms with Crippen molar-refractivity contribution in [3.8, 4) is 29.4 Å². The van der Waals surface area contributed by atoms with Gasteiger partial charge in [0.15, 0.2) is 5.13 Å². The molecule has 2 aromatic carbocycles. The number of benzene rings is 2. The highest BCUT2D eigenvalue weighted by atomic mass is 35.5. The molecule has 0 spiro atoms. The zero-order valence-corrected chi connectivity index (χ0v) is 25.4. The molecule has 0 aliphatic heterocycles. The smallest absolute Gasteiger partial charge is 0.187 e. The molecule has 0 radical (unpaired) electrons. The monoisotopic (exact) mass is 558 g/mol. The van der Waals surface area contributed by atoms with Gasteiger partial charge >= 0.3 is 0 Å². The third-order valence-corrected chi connectivity index (χ3v) is 8.76. The second-order valence-electron chi connectivity index (χ2n) is 12.1. The van der Waals surface area contributed by atoms with Gasteiger partial charge in [0, 0.05) is 27.3 Å². The van der Waals surface area contributed by atoms with Crippen LogP contribution in [0.25, 0.3) is 11.3 Å². The molecule has 0 amide bonds. The predicted octanol–water partition coefficient (Wildman–Crippen LogP) is 1.57. The second kappa shape index (κ2) is 11.3. The van der Waals surface area contributed by atoms with Crippen LogP contribution < -0.4 is 9.64 Å². The molecular weight excluding hydrogens is 525 g/mol. The number of halogens is 2. The summed E-state index contributed by atoms with van der Waals surface area (Å²) in [7, 11) is 10.5. The highest BCUT2D eigenvalue weighted by Crippen LogP contribution is 2.56. The molecule has 1 atom stereocenters. The van der Waals surface area contributed by atoms with Crippen LogP contribution >= 0.6 is 22.9 Å². The summed E-state index contributed by atoms with van der Waals surface area (Å²) in [4.78, 5) is 8.24. The van der Waals surface area contributed by atoms with E-state index in [2.05, 4.69) is 26.5 Å². The quantitative estimate of drug-likeness (QED) is 0.304. The van der Waals surface area contributed by atoms with E-state index in [1.807, 2.05) is 55.6 Å². The fraction of sp³-hybridized carbons (Fsp3) is 0.370. The number of thiazole rings is 1. The molecule has 12 heteroatoms. The Balaban J connectivity index is 1.81. The van der Waals surface area contributed by atoms with Crippen LogP contribution in [0.3, 0.4) is 0 Å². The normalized spacial score (nSPS) is 14.6. The van der Waals surface area contributed by atoms with Crippen LogP contribution in [-0.2, 0) is 6.61 Å². The molecule has 1 aliphatic rings. The number of aliphatic hydroxyl groups excluding tert-OH is 1. The summed E-state index contributed by atoms with van der Waals surface area (Å²) in [5, 5.41) is 10.3. The molecule has 1 aliphatic carbocycles. The largest absolute Gasteiger partial charge is 0.513 e. The highest BCUT2D eigenvalue weighted by Gasteiger charge is 2.46. The molecule has 1 unspecified atom stereocenters. The highest BCUT2D eigenvalue weighted by molar-refractivity contribution is 7.16. The Hall–Kier alpha value is -2.27. The van der Waals surface area contributed by atoms with Gasteiger partial charge in [-0.05, 0) is 49.1 Å². The summed E-state index contributed by atoms with van der Waals surface area (Å²) in [6, 6.07) is 8.79. The van der Waals surface area contributed by atoms with Crippen molar-refractivity contribution < 1.29 is 14.2 Å². The van der Waals surface area contributed by atoms with E-state index in [0.29, 0.717) is 17.5 Å². The summed E-state index contributed by atoms with van der Waals surface area (Å²) >= 11 is 8.35. The van der Waals surface area contributed by atoms with E-state index in [4.69, 9.17) is 27.7 Å². The maximum atomic E-state index is 14.9. The van der Waals surface area contributed by atoms with Crippen molar-refractivity contribution in [2.45, 2.75) is 49.9 Å². The van der Waals surface area contributed by atoms with Crippen molar-refractivity contribution in [1.82, 2.24) is 4.98 Å². The fourth-order valence-corrected chi connectivity index (χ4v) is 6.52. The van der Waals surface area contributed by atoms with Gasteiger partial charge in [-0.2, -0.15) is 0 Å². The van der Waals surface area contributed by atoms with E-state index < -0.39 is 5.82 Å². The molecule has 0 bridgehead atoms. The SMILES string of the molecule is BC(B)(B)Oc1cc(Cl)c(-c2nc(N(CC#C)C(c3ccc(CO)c(F)c3)C(B)(B)C3CC3)sc2C)cc1C. The first-order chi connectivity index (χ1) is 18.3. The lowest BCUT2D eigenvalue weighted by Crippen LogP contribution is -2.40. The predicted molar refractivity (Wildman–Crippen MR) is 175 cm³/mol. The Morgan fingerprint density at radius 2 is 1.92 bits per heavy atom. The van der Waals surface area contributed by atoms with Crippen molar-refractivity contribution in [1.29, 1.82) is 0 Å². The van der Waals surface area contributed by atoms with Gasteiger partial charge in [-0.1, -0.05) is 47.7 Å². The van der Waals surface area contributed by atoms with E-state index >= 15 is 0 Å². The molecule has 0 saturated heterocycles. The third kappa shape index (κ3) is 6.40. The number of anilines is 1. The number of rotatable bonds is 10. The van der Waals surface area contributed by atoms with Gasteiger partial charge in [-0.25, -0.2) is 9.37 Å². The maximum Gasteiger partial charge on any atom is 0.187 e. The fourth-order valence-electron chi connectivity index (χ4n) is 5.33. The van der Waals surface area contributed by atoms with Gasteiger partial charge in [0.1, 0.15) is 50.8 Å². The molecule has 39 heavy (non-hydrogen) atoms. The number of ether oxygens (including phenoxy) is 1. The molecule has 3 aromatic rings. The zero-order chi connectivity index (χ0) is 28.7. The van der Waals surface area contributed by atoms with Crippen LogP contribution in [0.4, 0.5) is 9.52 Å². The lowest BCUT2D eigenvalue weighted by atomic mass is 9.46. The lowest BCUT2D eigenvalue weighted by Gasteiger charge is -2.42. The van der Waals surface area contributed by atoms with Gasteiger partial charge < -0.3 is 14.7 Å².